The smallest absolute Gasteiger partial charge is 0.319 e. The van der Waals surface area contributed by atoms with E-state index < -0.39 is 0 Å². The molecule has 8 nitrogen and oxygen atoms in total. The van der Waals surface area contributed by atoms with E-state index in [1.807, 2.05) is 37.8 Å². The standard InChI is InChI=1S/C20H31N5O3/c1-14-10-15(2)19(16(3)11-14)22-17(26)12-21-18(27)13-24-6-8-25(9-7-24)20(28)23(4)5/h10-11H,6-9,12-13H2,1-5H3,(H,21,27)(H,22,26). The normalized spacial score (nSPS) is 14.5. The fourth-order valence-electron chi connectivity index (χ4n) is 3.38. The Bertz CT molecular complexity index is 716. The number of amides is 4. The monoisotopic (exact) mass is 389 g/mol. The molecule has 1 fully saturated rings. The van der Waals surface area contributed by atoms with Crippen molar-refractivity contribution < 1.29 is 14.4 Å². The number of hydrogen-bond donors (Lipinski definition) is 2. The van der Waals surface area contributed by atoms with Gasteiger partial charge in [-0.15, -0.1) is 0 Å². The molecule has 0 radical (unpaired) electrons. The van der Waals surface area contributed by atoms with E-state index >= 15 is 0 Å². The Kier molecular flexibility index (Phi) is 7.39. The Morgan fingerprint density at radius 2 is 1.54 bits per heavy atom. The highest BCUT2D eigenvalue weighted by Crippen LogP contribution is 2.21. The third kappa shape index (κ3) is 5.95. The fraction of sp³-hybridized carbons (Fsp3) is 0.550. The molecule has 4 amide bonds. The molecular weight excluding hydrogens is 358 g/mol. The maximum atomic E-state index is 12.2. The number of carbonyl (C=O) groups is 3. The topological polar surface area (TPSA) is 85.0 Å². The molecule has 28 heavy (non-hydrogen) atoms. The lowest BCUT2D eigenvalue weighted by atomic mass is 10.1. The fourth-order valence-corrected chi connectivity index (χ4v) is 3.38. The van der Waals surface area contributed by atoms with Crippen molar-refractivity contribution in [3.63, 3.8) is 0 Å². The third-order valence-electron chi connectivity index (χ3n) is 4.78. The molecule has 0 aliphatic carbocycles. The molecule has 0 aromatic heterocycles. The number of nitrogens with zero attached hydrogens (tertiary/aromatic N) is 3. The van der Waals surface area contributed by atoms with Crippen LogP contribution in [0.15, 0.2) is 12.1 Å². The van der Waals surface area contributed by atoms with E-state index in [-0.39, 0.29) is 30.9 Å². The van der Waals surface area contributed by atoms with Gasteiger partial charge in [-0.3, -0.25) is 14.5 Å². The molecule has 2 rings (SSSR count). The van der Waals surface area contributed by atoms with Gasteiger partial charge in [0.2, 0.25) is 11.8 Å². The summed E-state index contributed by atoms with van der Waals surface area (Å²) in [5, 5.41) is 5.55. The van der Waals surface area contributed by atoms with E-state index in [0.29, 0.717) is 26.2 Å². The minimum atomic E-state index is -0.246. The van der Waals surface area contributed by atoms with Crippen molar-refractivity contribution in [2.45, 2.75) is 20.8 Å². The highest BCUT2D eigenvalue weighted by Gasteiger charge is 2.23. The summed E-state index contributed by atoms with van der Waals surface area (Å²) >= 11 is 0. The average Bonchev–Trinajstić information content (AvgIpc) is 2.63. The maximum absolute atomic E-state index is 12.2. The van der Waals surface area contributed by atoms with E-state index in [0.717, 1.165) is 22.4 Å². The van der Waals surface area contributed by atoms with Crippen LogP contribution in [-0.2, 0) is 9.59 Å². The summed E-state index contributed by atoms with van der Waals surface area (Å²) in [4.78, 5) is 41.6. The second-order valence-corrected chi connectivity index (χ2v) is 7.54. The van der Waals surface area contributed by atoms with E-state index in [9.17, 15) is 14.4 Å². The van der Waals surface area contributed by atoms with Crippen molar-refractivity contribution in [1.29, 1.82) is 0 Å². The molecular formula is C20H31N5O3. The molecule has 1 aromatic rings. The van der Waals surface area contributed by atoms with Crippen LogP contribution >= 0.6 is 0 Å². The van der Waals surface area contributed by atoms with Crippen LogP contribution in [0, 0.1) is 20.8 Å². The number of benzene rings is 1. The predicted molar refractivity (Wildman–Crippen MR) is 109 cm³/mol. The molecule has 1 aliphatic rings. The van der Waals surface area contributed by atoms with E-state index in [2.05, 4.69) is 10.6 Å². The first-order valence-corrected chi connectivity index (χ1v) is 9.50. The largest absolute Gasteiger partial charge is 0.346 e. The van der Waals surface area contributed by atoms with Gasteiger partial charge in [-0.2, -0.15) is 0 Å². The first-order chi connectivity index (χ1) is 13.2. The number of carbonyl (C=O) groups excluding carboxylic acids is 3. The molecule has 154 valence electrons. The first kappa shape index (κ1) is 21.7. The van der Waals surface area contributed by atoms with E-state index in [1.54, 1.807) is 23.9 Å². The molecule has 1 aromatic carbocycles. The van der Waals surface area contributed by atoms with Crippen LogP contribution in [0.1, 0.15) is 16.7 Å². The van der Waals surface area contributed by atoms with Gasteiger partial charge >= 0.3 is 6.03 Å². The number of nitrogens with one attached hydrogen (secondary N) is 2. The van der Waals surface area contributed by atoms with Crippen molar-refractivity contribution in [3.8, 4) is 0 Å². The summed E-state index contributed by atoms with van der Waals surface area (Å²) in [5.41, 5.74) is 3.95. The molecule has 0 saturated carbocycles. The summed E-state index contributed by atoms with van der Waals surface area (Å²) in [6.07, 6.45) is 0. The molecule has 1 saturated heterocycles. The highest BCUT2D eigenvalue weighted by molar-refractivity contribution is 5.96. The minimum Gasteiger partial charge on any atom is -0.346 e. The Balaban J connectivity index is 1.74. The second kappa shape index (κ2) is 9.54. The van der Waals surface area contributed by atoms with Gasteiger partial charge in [0.25, 0.3) is 0 Å². The number of anilines is 1. The lowest BCUT2D eigenvalue weighted by Gasteiger charge is -2.35. The van der Waals surface area contributed by atoms with Gasteiger partial charge in [-0.25, -0.2) is 4.79 Å². The van der Waals surface area contributed by atoms with Crippen LogP contribution in [0.4, 0.5) is 10.5 Å². The summed E-state index contributed by atoms with van der Waals surface area (Å²) < 4.78 is 0. The average molecular weight is 390 g/mol. The second-order valence-electron chi connectivity index (χ2n) is 7.54. The zero-order valence-corrected chi connectivity index (χ0v) is 17.5. The molecule has 8 heteroatoms. The predicted octanol–water partition coefficient (Wildman–Crippen LogP) is 0.966. The van der Waals surface area contributed by atoms with Gasteiger partial charge in [0.1, 0.15) is 0 Å². The first-order valence-electron chi connectivity index (χ1n) is 9.50. The molecule has 2 N–H and O–H groups in total. The molecule has 0 atom stereocenters. The Hall–Kier alpha value is -2.61. The van der Waals surface area contributed by atoms with Gasteiger partial charge in [-0.05, 0) is 31.9 Å². The molecule has 1 heterocycles. The van der Waals surface area contributed by atoms with Crippen molar-refractivity contribution in [2.75, 3.05) is 58.7 Å². The van der Waals surface area contributed by atoms with Crippen molar-refractivity contribution in [3.05, 3.63) is 28.8 Å². The van der Waals surface area contributed by atoms with Crippen molar-refractivity contribution in [1.82, 2.24) is 20.0 Å². The van der Waals surface area contributed by atoms with Crippen LogP contribution in [0.2, 0.25) is 0 Å². The van der Waals surface area contributed by atoms with E-state index in [4.69, 9.17) is 0 Å². The summed E-state index contributed by atoms with van der Waals surface area (Å²) in [6, 6.07) is 4.02. The summed E-state index contributed by atoms with van der Waals surface area (Å²) in [6.45, 7) is 8.55. The molecule has 0 spiro atoms. The lowest BCUT2D eigenvalue weighted by Crippen LogP contribution is -2.53. The van der Waals surface area contributed by atoms with Gasteiger partial charge in [0, 0.05) is 46.0 Å². The van der Waals surface area contributed by atoms with Crippen LogP contribution in [0.25, 0.3) is 0 Å². The van der Waals surface area contributed by atoms with Gasteiger partial charge in [0.05, 0.1) is 13.1 Å². The Labute approximate surface area is 166 Å². The van der Waals surface area contributed by atoms with Crippen molar-refractivity contribution in [2.24, 2.45) is 0 Å². The zero-order chi connectivity index (χ0) is 20.8. The van der Waals surface area contributed by atoms with Crippen LogP contribution in [0.3, 0.4) is 0 Å². The van der Waals surface area contributed by atoms with Crippen molar-refractivity contribution >= 4 is 23.5 Å². The van der Waals surface area contributed by atoms with Crippen LogP contribution in [0.5, 0.6) is 0 Å². The van der Waals surface area contributed by atoms with E-state index in [1.165, 1.54) is 0 Å². The molecule has 0 bridgehead atoms. The van der Waals surface area contributed by atoms with Gasteiger partial charge in [0.15, 0.2) is 0 Å². The number of hydrogen-bond acceptors (Lipinski definition) is 4. The Morgan fingerprint density at radius 3 is 2.07 bits per heavy atom. The van der Waals surface area contributed by atoms with Crippen LogP contribution in [-0.4, -0.2) is 85.9 Å². The summed E-state index contributed by atoms with van der Waals surface area (Å²) in [5.74, 6) is -0.440. The maximum Gasteiger partial charge on any atom is 0.319 e. The highest BCUT2D eigenvalue weighted by atomic mass is 16.2. The SMILES string of the molecule is Cc1cc(C)c(NC(=O)CNC(=O)CN2CCN(C(=O)N(C)C)CC2)c(C)c1. The minimum absolute atomic E-state index is 0.0116. The lowest BCUT2D eigenvalue weighted by molar-refractivity contribution is -0.125. The van der Waals surface area contributed by atoms with Gasteiger partial charge < -0.3 is 20.4 Å². The Morgan fingerprint density at radius 1 is 0.964 bits per heavy atom. The number of urea groups is 1. The molecule has 0 unspecified atom stereocenters. The third-order valence-corrected chi connectivity index (χ3v) is 4.78. The quantitative estimate of drug-likeness (QED) is 0.786. The summed E-state index contributed by atoms with van der Waals surface area (Å²) in [7, 11) is 3.46. The number of piperazine rings is 1. The zero-order valence-electron chi connectivity index (χ0n) is 17.5. The number of rotatable bonds is 5. The number of aryl methyl sites for hydroxylation is 3. The van der Waals surface area contributed by atoms with Gasteiger partial charge in [-0.1, -0.05) is 17.7 Å². The van der Waals surface area contributed by atoms with Crippen LogP contribution < -0.4 is 10.6 Å². The molecule has 1 aliphatic heterocycles.